The quantitative estimate of drug-likeness (QED) is 0.741. The van der Waals surface area contributed by atoms with E-state index >= 15 is 0 Å². The van der Waals surface area contributed by atoms with Gasteiger partial charge in [-0.05, 0) is 24.3 Å². The van der Waals surface area contributed by atoms with Crippen LogP contribution in [0.3, 0.4) is 0 Å². The van der Waals surface area contributed by atoms with E-state index in [1.807, 2.05) is 12.1 Å². The number of pyridine rings is 2. The van der Waals surface area contributed by atoms with Crippen molar-refractivity contribution in [1.82, 2.24) is 15.0 Å². The number of fused-ring (bicyclic) bond motifs is 3. The van der Waals surface area contributed by atoms with Crippen LogP contribution in [0.4, 0.5) is 4.39 Å². The second kappa shape index (κ2) is 5.66. The smallest absolute Gasteiger partial charge is 0.139 e. The highest BCUT2D eigenvalue weighted by Crippen LogP contribution is 2.25. The number of nitrogens with one attached hydrogen (secondary N) is 1. The van der Waals surface area contributed by atoms with Crippen molar-refractivity contribution in [2.75, 3.05) is 6.67 Å². The summed E-state index contributed by atoms with van der Waals surface area (Å²) in [5.74, 6) is 0. The van der Waals surface area contributed by atoms with E-state index in [1.54, 1.807) is 24.5 Å². The number of aromatic nitrogens is 3. The fraction of sp³-hybridized carbons (Fsp3) is 0.0625. The van der Waals surface area contributed by atoms with E-state index in [9.17, 15) is 4.39 Å². The van der Waals surface area contributed by atoms with Crippen LogP contribution in [0.5, 0.6) is 0 Å². The normalized spacial score (nSPS) is 12.5. The van der Waals surface area contributed by atoms with Crippen LogP contribution in [0, 0.1) is 0 Å². The van der Waals surface area contributed by atoms with Gasteiger partial charge in [0.25, 0.3) is 0 Å². The number of rotatable bonds is 4. The molecule has 3 aromatic rings. The van der Waals surface area contributed by atoms with E-state index in [2.05, 4.69) is 26.5 Å². The van der Waals surface area contributed by atoms with Gasteiger partial charge in [0, 0.05) is 41.2 Å². The van der Waals surface area contributed by atoms with Crippen molar-refractivity contribution in [2.24, 2.45) is 4.99 Å². The Morgan fingerprint density at radius 3 is 3.05 bits per heavy atom. The van der Waals surface area contributed by atoms with E-state index in [-0.39, 0.29) is 0 Å². The Kier molecular flexibility index (Phi) is 3.55. The summed E-state index contributed by atoms with van der Waals surface area (Å²) in [6.07, 6.45) is 8.01. The van der Waals surface area contributed by atoms with Gasteiger partial charge in [-0.1, -0.05) is 6.58 Å². The van der Waals surface area contributed by atoms with E-state index in [4.69, 9.17) is 0 Å². The summed E-state index contributed by atoms with van der Waals surface area (Å²) < 4.78 is 13.2. The standard InChI is InChI=1S/C16H13FN4/c1-2-18-7-5-11(9-17)14-4-3-12-13-10-19-8-6-15(13)21-16(12)20-14/h2-8,10H,1,9H2,(H,20,21)/b11-5+,18-7?. The highest BCUT2D eigenvalue weighted by molar-refractivity contribution is 6.05. The van der Waals surface area contributed by atoms with Gasteiger partial charge in [-0.3, -0.25) is 9.98 Å². The van der Waals surface area contributed by atoms with Gasteiger partial charge in [-0.25, -0.2) is 9.37 Å². The summed E-state index contributed by atoms with van der Waals surface area (Å²) in [5.41, 5.74) is 2.73. The molecule has 21 heavy (non-hydrogen) atoms. The molecule has 4 nitrogen and oxygen atoms in total. The van der Waals surface area contributed by atoms with Crippen LogP contribution in [0.15, 0.2) is 54.4 Å². The molecule has 0 spiro atoms. The predicted octanol–water partition coefficient (Wildman–Crippen LogP) is 3.68. The SMILES string of the molecule is C=CN=C/C=C(\CF)c1ccc2c(n1)[nH]c1ccncc12. The molecule has 0 aliphatic rings. The number of H-pyrrole nitrogens is 1. The van der Waals surface area contributed by atoms with Crippen molar-refractivity contribution in [3.8, 4) is 0 Å². The number of allylic oxidation sites excluding steroid dienone is 2. The third-order valence-electron chi connectivity index (χ3n) is 3.20. The van der Waals surface area contributed by atoms with Crippen molar-refractivity contribution in [2.45, 2.75) is 0 Å². The molecule has 104 valence electrons. The third kappa shape index (κ3) is 2.45. The van der Waals surface area contributed by atoms with Crippen molar-refractivity contribution >= 4 is 33.7 Å². The third-order valence-corrected chi connectivity index (χ3v) is 3.20. The summed E-state index contributed by atoms with van der Waals surface area (Å²) in [7, 11) is 0. The summed E-state index contributed by atoms with van der Waals surface area (Å²) in [5, 5.41) is 1.98. The molecule has 0 amide bonds. The molecule has 1 N–H and O–H groups in total. The summed E-state index contributed by atoms with van der Waals surface area (Å²) in [6.45, 7) is 2.87. The molecule has 0 saturated heterocycles. The second-order valence-corrected chi connectivity index (χ2v) is 4.45. The van der Waals surface area contributed by atoms with Crippen LogP contribution in [0.25, 0.3) is 27.5 Å². The van der Waals surface area contributed by atoms with Crippen molar-refractivity contribution in [1.29, 1.82) is 0 Å². The topological polar surface area (TPSA) is 53.9 Å². The molecule has 5 heteroatoms. The first-order valence-electron chi connectivity index (χ1n) is 6.45. The zero-order valence-electron chi connectivity index (χ0n) is 11.3. The molecule has 3 rings (SSSR count). The summed E-state index contributed by atoms with van der Waals surface area (Å²) >= 11 is 0. The van der Waals surface area contributed by atoms with Gasteiger partial charge in [0.2, 0.25) is 0 Å². The van der Waals surface area contributed by atoms with Gasteiger partial charge >= 0.3 is 0 Å². The van der Waals surface area contributed by atoms with Crippen LogP contribution < -0.4 is 0 Å². The lowest BCUT2D eigenvalue weighted by molar-refractivity contribution is 0.570. The van der Waals surface area contributed by atoms with Gasteiger partial charge in [0.1, 0.15) is 12.3 Å². The Balaban J connectivity index is 2.12. The zero-order valence-corrected chi connectivity index (χ0v) is 11.3. The van der Waals surface area contributed by atoms with Crippen molar-refractivity contribution in [3.05, 3.63) is 55.1 Å². The monoisotopic (exact) mass is 280 g/mol. The molecule has 0 fully saturated rings. The molecule has 3 heterocycles. The van der Waals surface area contributed by atoms with Crippen LogP contribution >= 0.6 is 0 Å². The highest BCUT2D eigenvalue weighted by Gasteiger charge is 2.08. The van der Waals surface area contributed by atoms with Gasteiger partial charge in [0.15, 0.2) is 0 Å². The van der Waals surface area contributed by atoms with Crippen molar-refractivity contribution < 1.29 is 4.39 Å². The molecule has 0 unspecified atom stereocenters. The Labute approximate surface area is 120 Å². The Morgan fingerprint density at radius 2 is 2.24 bits per heavy atom. The van der Waals surface area contributed by atoms with E-state index < -0.39 is 6.67 Å². The van der Waals surface area contributed by atoms with Crippen LogP contribution in [-0.4, -0.2) is 27.8 Å². The number of nitrogens with zero attached hydrogens (tertiary/aromatic N) is 3. The zero-order chi connectivity index (χ0) is 14.7. The average Bonchev–Trinajstić information content (AvgIpc) is 2.89. The minimum absolute atomic E-state index is 0.472. The maximum absolute atomic E-state index is 13.2. The molecule has 0 atom stereocenters. The van der Waals surface area contributed by atoms with Gasteiger partial charge in [0.05, 0.1) is 11.2 Å². The molecule has 0 saturated carbocycles. The lowest BCUT2D eigenvalue weighted by Crippen LogP contribution is -1.92. The molecular weight excluding hydrogens is 267 g/mol. The fourth-order valence-electron chi connectivity index (χ4n) is 2.19. The minimum Gasteiger partial charge on any atom is -0.339 e. The van der Waals surface area contributed by atoms with Crippen LogP contribution in [-0.2, 0) is 0 Å². The number of alkyl halides is 1. The maximum atomic E-state index is 13.2. The molecule has 0 bridgehead atoms. The largest absolute Gasteiger partial charge is 0.339 e. The molecule has 0 aliphatic heterocycles. The lowest BCUT2D eigenvalue weighted by Gasteiger charge is -2.01. The minimum atomic E-state index is -0.608. The van der Waals surface area contributed by atoms with Gasteiger partial charge in [-0.2, -0.15) is 0 Å². The number of hydrogen-bond acceptors (Lipinski definition) is 3. The first-order chi connectivity index (χ1) is 10.3. The first-order valence-corrected chi connectivity index (χ1v) is 6.45. The fourth-order valence-corrected chi connectivity index (χ4v) is 2.19. The van der Waals surface area contributed by atoms with E-state index in [1.165, 1.54) is 12.4 Å². The number of hydrogen-bond donors (Lipinski definition) is 1. The molecular formula is C16H13FN4. The summed E-state index contributed by atoms with van der Waals surface area (Å²) in [6, 6.07) is 5.61. The molecule has 0 aliphatic carbocycles. The van der Waals surface area contributed by atoms with Crippen molar-refractivity contribution in [3.63, 3.8) is 0 Å². The molecule has 3 aromatic heterocycles. The lowest BCUT2D eigenvalue weighted by atomic mass is 10.1. The van der Waals surface area contributed by atoms with Gasteiger partial charge < -0.3 is 4.98 Å². The maximum Gasteiger partial charge on any atom is 0.139 e. The summed E-state index contributed by atoms with van der Waals surface area (Å²) in [4.78, 5) is 15.6. The highest BCUT2D eigenvalue weighted by atomic mass is 19.1. The predicted molar refractivity (Wildman–Crippen MR) is 84.0 cm³/mol. The molecule has 0 aromatic carbocycles. The van der Waals surface area contributed by atoms with Crippen LogP contribution in [0.2, 0.25) is 0 Å². The Morgan fingerprint density at radius 1 is 1.33 bits per heavy atom. The van der Waals surface area contributed by atoms with Crippen LogP contribution in [0.1, 0.15) is 5.69 Å². The first kappa shape index (κ1) is 13.2. The number of aromatic amines is 1. The second-order valence-electron chi connectivity index (χ2n) is 4.45. The average molecular weight is 280 g/mol. The Hall–Kier alpha value is -2.82. The Bertz CT molecular complexity index is 861. The van der Waals surface area contributed by atoms with E-state index in [0.29, 0.717) is 11.3 Å². The number of aliphatic imine (C=N–C) groups is 1. The number of halogens is 1. The van der Waals surface area contributed by atoms with Gasteiger partial charge in [-0.15, -0.1) is 0 Å². The molecule has 0 radical (unpaired) electrons. The van der Waals surface area contributed by atoms with E-state index in [0.717, 1.165) is 21.9 Å².